The first-order valence-electron chi connectivity index (χ1n) is 3.19. The number of hydrogen-bond acceptors (Lipinski definition) is 3. The molecule has 0 aliphatic rings. The first kappa shape index (κ1) is 7.60. The summed E-state index contributed by atoms with van der Waals surface area (Å²) < 4.78 is 9.35. The predicted octanol–water partition coefficient (Wildman–Crippen LogP) is 1.97. The molecule has 0 fully saturated rings. The molecule has 0 aliphatic heterocycles. The van der Waals surface area contributed by atoms with Gasteiger partial charge in [0.1, 0.15) is 6.26 Å². The number of rotatable bonds is 2. The highest BCUT2D eigenvalue weighted by molar-refractivity contribution is 5.89. The van der Waals surface area contributed by atoms with Crippen LogP contribution < -0.4 is 0 Å². The molecule has 0 atom stereocenters. The van der Waals surface area contributed by atoms with Gasteiger partial charge in [0.05, 0.1) is 18.1 Å². The molecule has 11 heavy (non-hydrogen) atoms. The van der Waals surface area contributed by atoms with Crippen LogP contribution in [0.2, 0.25) is 0 Å². The molecule has 58 valence electrons. The SMILES string of the molecule is C/C=C\OC(=O)c1ccoc1. The van der Waals surface area contributed by atoms with E-state index in [4.69, 9.17) is 4.42 Å². The summed E-state index contributed by atoms with van der Waals surface area (Å²) in [4.78, 5) is 10.9. The third-order valence-corrected chi connectivity index (χ3v) is 1.07. The summed E-state index contributed by atoms with van der Waals surface area (Å²) in [5, 5.41) is 0. The molecule has 0 aromatic carbocycles. The molecule has 1 rings (SSSR count). The molecule has 1 heterocycles. The molecule has 0 saturated heterocycles. The molecular formula is C8H8O3. The second-order valence-electron chi connectivity index (χ2n) is 1.89. The number of furan rings is 1. The average molecular weight is 152 g/mol. The van der Waals surface area contributed by atoms with Gasteiger partial charge in [0.2, 0.25) is 0 Å². The van der Waals surface area contributed by atoms with Gasteiger partial charge in [0.25, 0.3) is 0 Å². The third-order valence-electron chi connectivity index (χ3n) is 1.07. The molecule has 3 nitrogen and oxygen atoms in total. The van der Waals surface area contributed by atoms with Crippen molar-refractivity contribution in [1.82, 2.24) is 0 Å². The van der Waals surface area contributed by atoms with Crippen molar-refractivity contribution in [3.8, 4) is 0 Å². The van der Waals surface area contributed by atoms with Crippen LogP contribution in [0.1, 0.15) is 17.3 Å². The number of ether oxygens (including phenoxy) is 1. The minimum atomic E-state index is -0.406. The highest BCUT2D eigenvalue weighted by Crippen LogP contribution is 2.01. The normalized spacial score (nSPS) is 10.3. The van der Waals surface area contributed by atoms with E-state index >= 15 is 0 Å². The fourth-order valence-electron chi connectivity index (χ4n) is 0.578. The van der Waals surface area contributed by atoms with Crippen LogP contribution in [-0.2, 0) is 4.74 Å². The van der Waals surface area contributed by atoms with E-state index in [0.717, 1.165) is 0 Å². The predicted molar refractivity (Wildman–Crippen MR) is 38.9 cm³/mol. The van der Waals surface area contributed by atoms with E-state index < -0.39 is 5.97 Å². The Kier molecular flexibility index (Phi) is 2.49. The van der Waals surface area contributed by atoms with E-state index in [-0.39, 0.29) is 0 Å². The van der Waals surface area contributed by atoms with Gasteiger partial charge in [-0.1, -0.05) is 6.08 Å². The molecule has 0 unspecified atom stereocenters. The third kappa shape index (κ3) is 1.97. The Morgan fingerprint density at radius 3 is 3.09 bits per heavy atom. The van der Waals surface area contributed by atoms with E-state index in [1.807, 2.05) is 0 Å². The highest BCUT2D eigenvalue weighted by Gasteiger charge is 2.05. The fourth-order valence-corrected chi connectivity index (χ4v) is 0.578. The van der Waals surface area contributed by atoms with Crippen molar-refractivity contribution < 1.29 is 13.9 Å². The van der Waals surface area contributed by atoms with Gasteiger partial charge in [-0.15, -0.1) is 0 Å². The van der Waals surface area contributed by atoms with Gasteiger partial charge in [-0.2, -0.15) is 0 Å². The van der Waals surface area contributed by atoms with E-state index in [9.17, 15) is 4.79 Å². The van der Waals surface area contributed by atoms with Gasteiger partial charge >= 0.3 is 5.97 Å². The van der Waals surface area contributed by atoms with Crippen LogP contribution in [0.3, 0.4) is 0 Å². The standard InChI is InChI=1S/C8H8O3/c1-2-4-11-8(9)7-3-5-10-6-7/h2-6H,1H3/b4-2-. The zero-order valence-electron chi connectivity index (χ0n) is 6.11. The Morgan fingerprint density at radius 2 is 2.55 bits per heavy atom. The van der Waals surface area contributed by atoms with Crippen molar-refractivity contribution in [2.24, 2.45) is 0 Å². The molecule has 0 spiro atoms. The average Bonchev–Trinajstić information content (AvgIpc) is 2.52. The van der Waals surface area contributed by atoms with Gasteiger partial charge in [-0.3, -0.25) is 0 Å². The van der Waals surface area contributed by atoms with Gasteiger partial charge in [-0.25, -0.2) is 4.79 Å². The lowest BCUT2D eigenvalue weighted by Gasteiger charge is -1.92. The second kappa shape index (κ2) is 3.61. The fraction of sp³-hybridized carbons (Fsp3) is 0.125. The van der Waals surface area contributed by atoms with E-state index in [0.29, 0.717) is 5.56 Å². The summed E-state index contributed by atoms with van der Waals surface area (Å²) in [6.45, 7) is 1.77. The number of hydrogen-bond donors (Lipinski definition) is 0. The topological polar surface area (TPSA) is 39.4 Å². The summed E-state index contributed by atoms with van der Waals surface area (Å²) in [5.41, 5.74) is 0.420. The summed E-state index contributed by atoms with van der Waals surface area (Å²) >= 11 is 0. The lowest BCUT2D eigenvalue weighted by molar-refractivity contribution is 0.0662. The maximum atomic E-state index is 10.9. The van der Waals surface area contributed by atoms with Crippen LogP contribution >= 0.6 is 0 Å². The molecule has 0 aliphatic carbocycles. The minimum absolute atomic E-state index is 0.406. The van der Waals surface area contributed by atoms with Crippen molar-refractivity contribution in [3.05, 3.63) is 36.5 Å². The van der Waals surface area contributed by atoms with Crippen molar-refractivity contribution in [3.63, 3.8) is 0 Å². The maximum Gasteiger partial charge on any atom is 0.346 e. The summed E-state index contributed by atoms with van der Waals surface area (Å²) in [6, 6.07) is 1.55. The molecule has 0 saturated carbocycles. The highest BCUT2D eigenvalue weighted by atomic mass is 16.5. The van der Waals surface area contributed by atoms with Gasteiger partial charge in [0, 0.05) is 0 Å². The first-order valence-corrected chi connectivity index (χ1v) is 3.19. The summed E-state index contributed by atoms with van der Waals surface area (Å²) in [6.07, 6.45) is 5.73. The van der Waals surface area contributed by atoms with Crippen LogP contribution in [-0.4, -0.2) is 5.97 Å². The Bertz CT molecular complexity index is 246. The first-order chi connectivity index (χ1) is 5.34. The quantitative estimate of drug-likeness (QED) is 0.480. The van der Waals surface area contributed by atoms with Crippen LogP contribution in [0.5, 0.6) is 0 Å². The van der Waals surface area contributed by atoms with Crippen molar-refractivity contribution >= 4 is 5.97 Å². The Hall–Kier alpha value is -1.51. The van der Waals surface area contributed by atoms with E-state index in [1.165, 1.54) is 18.8 Å². The second-order valence-corrected chi connectivity index (χ2v) is 1.89. The Morgan fingerprint density at radius 1 is 1.73 bits per heavy atom. The van der Waals surface area contributed by atoms with Crippen LogP contribution in [0, 0.1) is 0 Å². The Labute approximate surface area is 64.3 Å². The Balaban J connectivity index is 2.56. The van der Waals surface area contributed by atoms with Gasteiger partial charge < -0.3 is 9.15 Å². The number of carbonyl (C=O) groups is 1. The van der Waals surface area contributed by atoms with Crippen molar-refractivity contribution in [2.75, 3.05) is 0 Å². The maximum absolute atomic E-state index is 10.9. The molecule has 1 aromatic rings. The van der Waals surface area contributed by atoms with E-state index in [1.54, 1.807) is 19.1 Å². The van der Waals surface area contributed by atoms with Crippen LogP contribution in [0.25, 0.3) is 0 Å². The molecule has 0 amide bonds. The molecule has 0 bridgehead atoms. The minimum Gasteiger partial charge on any atom is -0.472 e. The molecular weight excluding hydrogens is 144 g/mol. The molecule has 0 radical (unpaired) electrons. The lowest BCUT2D eigenvalue weighted by Crippen LogP contribution is -1.97. The summed E-state index contributed by atoms with van der Waals surface area (Å²) in [5.74, 6) is -0.406. The van der Waals surface area contributed by atoms with Gasteiger partial charge in [0.15, 0.2) is 0 Å². The number of carbonyl (C=O) groups excluding carboxylic acids is 1. The summed E-state index contributed by atoms with van der Waals surface area (Å²) in [7, 11) is 0. The van der Waals surface area contributed by atoms with Crippen molar-refractivity contribution in [2.45, 2.75) is 6.92 Å². The number of allylic oxidation sites excluding steroid dienone is 1. The van der Waals surface area contributed by atoms with Crippen molar-refractivity contribution in [1.29, 1.82) is 0 Å². The van der Waals surface area contributed by atoms with E-state index in [2.05, 4.69) is 4.74 Å². The van der Waals surface area contributed by atoms with Crippen LogP contribution in [0.15, 0.2) is 35.3 Å². The van der Waals surface area contributed by atoms with Crippen LogP contribution in [0.4, 0.5) is 0 Å². The molecule has 1 aromatic heterocycles. The monoisotopic (exact) mass is 152 g/mol. The lowest BCUT2D eigenvalue weighted by atomic mass is 10.3. The number of esters is 1. The molecule has 3 heteroatoms. The largest absolute Gasteiger partial charge is 0.472 e. The molecule has 0 N–H and O–H groups in total. The smallest absolute Gasteiger partial charge is 0.346 e. The van der Waals surface area contributed by atoms with Gasteiger partial charge in [-0.05, 0) is 13.0 Å². The zero-order chi connectivity index (χ0) is 8.10. The zero-order valence-corrected chi connectivity index (χ0v) is 6.11.